The van der Waals surface area contributed by atoms with Crippen LogP contribution in [0.1, 0.15) is 30.5 Å². The van der Waals surface area contributed by atoms with Crippen LogP contribution >= 0.6 is 27.5 Å². The van der Waals surface area contributed by atoms with Crippen molar-refractivity contribution in [2.45, 2.75) is 39.8 Å². The van der Waals surface area contributed by atoms with E-state index in [1.165, 1.54) is 0 Å². The minimum absolute atomic E-state index is 0.182. The second-order valence-corrected chi connectivity index (χ2v) is 10.5. The molecule has 3 aromatic carbocycles. The smallest absolute Gasteiger partial charge is 0.261 e. The third-order valence-corrected chi connectivity index (χ3v) is 6.61. The van der Waals surface area contributed by atoms with Gasteiger partial charge in [-0.1, -0.05) is 83.8 Å². The summed E-state index contributed by atoms with van der Waals surface area (Å²) in [5.74, 6) is 0.384. The molecule has 0 fully saturated rings. The molecule has 0 saturated heterocycles. The first-order chi connectivity index (χ1) is 17.2. The number of ether oxygens (including phenoxy) is 1. The number of hydrogen-bond acceptors (Lipinski definition) is 3. The molecule has 0 unspecified atom stereocenters. The minimum atomic E-state index is -0.701. The lowest BCUT2D eigenvalue weighted by Crippen LogP contribution is -2.52. The Bertz CT molecular complexity index is 1170. The first kappa shape index (κ1) is 27.8. The number of rotatable bonds is 11. The highest BCUT2D eigenvalue weighted by Gasteiger charge is 2.30. The van der Waals surface area contributed by atoms with Gasteiger partial charge in [-0.25, -0.2) is 0 Å². The Balaban J connectivity index is 1.90. The number of benzene rings is 3. The van der Waals surface area contributed by atoms with E-state index in [4.69, 9.17) is 16.3 Å². The van der Waals surface area contributed by atoms with E-state index < -0.39 is 6.04 Å². The van der Waals surface area contributed by atoms with Gasteiger partial charge in [-0.3, -0.25) is 9.59 Å². The number of carbonyl (C=O) groups is 2. The summed E-state index contributed by atoms with van der Waals surface area (Å²) in [6, 6.07) is 22.1. The summed E-state index contributed by atoms with van der Waals surface area (Å²) in [6.45, 7) is 6.57. The fourth-order valence-electron chi connectivity index (χ4n) is 3.74. The lowest BCUT2D eigenvalue weighted by Gasteiger charge is -2.31. The fourth-order valence-corrected chi connectivity index (χ4v) is 4.31. The summed E-state index contributed by atoms with van der Waals surface area (Å²) >= 11 is 9.63. The van der Waals surface area contributed by atoms with Crippen LogP contribution in [0.4, 0.5) is 0 Å². The van der Waals surface area contributed by atoms with Crippen LogP contribution in [0.3, 0.4) is 0 Å². The van der Waals surface area contributed by atoms with Gasteiger partial charge < -0.3 is 15.0 Å². The average Bonchev–Trinajstić information content (AvgIpc) is 2.86. The molecule has 0 bridgehead atoms. The molecule has 3 rings (SSSR count). The molecule has 0 spiro atoms. The molecule has 0 aromatic heterocycles. The summed E-state index contributed by atoms with van der Waals surface area (Å²) in [7, 11) is 0. The molecule has 1 N–H and O–H groups in total. The van der Waals surface area contributed by atoms with Gasteiger partial charge in [0.05, 0.1) is 0 Å². The van der Waals surface area contributed by atoms with E-state index in [0.29, 0.717) is 23.7 Å². The molecule has 0 aliphatic heterocycles. The first-order valence-electron chi connectivity index (χ1n) is 12.0. The highest BCUT2D eigenvalue weighted by atomic mass is 79.9. The van der Waals surface area contributed by atoms with Crippen LogP contribution in [0.5, 0.6) is 5.75 Å². The highest BCUT2D eigenvalue weighted by Crippen LogP contribution is 2.22. The van der Waals surface area contributed by atoms with Gasteiger partial charge in [-0.15, -0.1) is 0 Å². The highest BCUT2D eigenvalue weighted by molar-refractivity contribution is 9.10. The quantitative estimate of drug-likeness (QED) is 0.298. The van der Waals surface area contributed by atoms with Crippen LogP contribution in [-0.4, -0.2) is 35.9 Å². The Morgan fingerprint density at radius 2 is 1.72 bits per heavy atom. The van der Waals surface area contributed by atoms with Crippen molar-refractivity contribution in [2.75, 3.05) is 13.2 Å². The van der Waals surface area contributed by atoms with Gasteiger partial charge in [0.2, 0.25) is 5.91 Å². The molecule has 7 heteroatoms. The number of halogens is 2. The third kappa shape index (κ3) is 8.38. The molecule has 0 saturated carbocycles. The number of aryl methyl sites for hydroxylation is 1. The summed E-state index contributed by atoms with van der Waals surface area (Å²) < 4.78 is 6.74. The van der Waals surface area contributed by atoms with Gasteiger partial charge in [0.1, 0.15) is 11.8 Å². The zero-order valence-electron chi connectivity index (χ0n) is 20.8. The maximum absolute atomic E-state index is 13.6. The van der Waals surface area contributed by atoms with Crippen molar-refractivity contribution in [3.8, 4) is 5.75 Å². The summed E-state index contributed by atoms with van der Waals surface area (Å²) in [5, 5.41) is 3.66. The molecule has 190 valence electrons. The van der Waals surface area contributed by atoms with E-state index in [9.17, 15) is 9.59 Å². The Hall–Kier alpha value is -2.83. The Morgan fingerprint density at radius 3 is 2.39 bits per heavy atom. The Labute approximate surface area is 226 Å². The topological polar surface area (TPSA) is 58.6 Å². The van der Waals surface area contributed by atoms with E-state index in [0.717, 1.165) is 21.2 Å². The molecule has 36 heavy (non-hydrogen) atoms. The molecule has 0 heterocycles. The van der Waals surface area contributed by atoms with E-state index in [2.05, 4.69) is 21.2 Å². The second-order valence-electron chi connectivity index (χ2n) is 9.20. The van der Waals surface area contributed by atoms with E-state index in [-0.39, 0.29) is 30.9 Å². The molecule has 0 radical (unpaired) electrons. The minimum Gasteiger partial charge on any atom is -0.484 e. The first-order valence-corrected chi connectivity index (χ1v) is 13.1. The molecule has 3 aromatic rings. The van der Waals surface area contributed by atoms with Crippen LogP contribution in [-0.2, 0) is 22.6 Å². The van der Waals surface area contributed by atoms with Crippen LogP contribution in [0.25, 0.3) is 0 Å². The average molecular weight is 572 g/mol. The normalized spacial score (nSPS) is 11.7. The molecular weight excluding hydrogens is 540 g/mol. The summed E-state index contributed by atoms with van der Waals surface area (Å²) in [4.78, 5) is 28.7. The van der Waals surface area contributed by atoms with Crippen LogP contribution in [0.2, 0.25) is 5.02 Å². The van der Waals surface area contributed by atoms with Gasteiger partial charge in [0.25, 0.3) is 5.91 Å². The zero-order chi connectivity index (χ0) is 26.1. The standard InChI is InChI=1S/C29H32BrClN2O3/c1-20(2)17-32-29(35)27(16-22-8-5-4-6-9-22)33(18-23-10-7-11-24(30)15-23)28(34)19-36-25-12-13-26(31)21(3)14-25/h4-15,20,27H,16-19H2,1-3H3,(H,32,35)/t27-/m0/s1. The van der Waals surface area contributed by atoms with Crippen molar-refractivity contribution < 1.29 is 14.3 Å². The predicted octanol–water partition coefficient (Wildman–Crippen LogP) is 6.20. The van der Waals surface area contributed by atoms with Crippen molar-refractivity contribution in [1.82, 2.24) is 10.2 Å². The lowest BCUT2D eigenvalue weighted by atomic mass is 10.0. The Morgan fingerprint density at radius 1 is 1.00 bits per heavy atom. The van der Waals surface area contributed by atoms with Crippen molar-refractivity contribution in [1.29, 1.82) is 0 Å². The number of carbonyl (C=O) groups excluding carboxylic acids is 2. The van der Waals surface area contributed by atoms with Crippen molar-refractivity contribution >= 4 is 39.3 Å². The second kappa shape index (κ2) is 13.5. The van der Waals surface area contributed by atoms with Crippen molar-refractivity contribution in [3.05, 3.63) is 99.0 Å². The largest absolute Gasteiger partial charge is 0.484 e. The predicted molar refractivity (Wildman–Crippen MR) is 148 cm³/mol. The van der Waals surface area contributed by atoms with Crippen LogP contribution in [0, 0.1) is 12.8 Å². The SMILES string of the molecule is Cc1cc(OCC(=O)N(Cc2cccc(Br)c2)[C@@H](Cc2ccccc2)C(=O)NCC(C)C)ccc1Cl. The molecule has 1 atom stereocenters. The van der Waals surface area contributed by atoms with Gasteiger partial charge in [-0.2, -0.15) is 0 Å². The zero-order valence-corrected chi connectivity index (χ0v) is 23.2. The number of amides is 2. The Kier molecular flexibility index (Phi) is 10.4. The van der Waals surface area contributed by atoms with Crippen LogP contribution < -0.4 is 10.1 Å². The van der Waals surface area contributed by atoms with Gasteiger partial charge in [0.15, 0.2) is 6.61 Å². The van der Waals surface area contributed by atoms with E-state index in [1.54, 1.807) is 23.1 Å². The maximum atomic E-state index is 13.6. The number of nitrogens with one attached hydrogen (secondary N) is 1. The fraction of sp³-hybridized carbons (Fsp3) is 0.310. The molecule has 0 aliphatic rings. The molecular formula is C29H32BrClN2O3. The molecule has 0 aliphatic carbocycles. The maximum Gasteiger partial charge on any atom is 0.261 e. The van der Waals surface area contributed by atoms with Gasteiger partial charge in [-0.05, 0) is 59.9 Å². The number of nitrogens with zero attached hydrogens (tertiary/aromatic N) is 1. The van der Waals surface area contributed by atoms with E-state index in [1.807, 2.05) is 75.4 Å². The summed E-state index contributed by atoms with van der Waals surface area (Å²) in [6.07, 6.45) is 0.393. The molecule has 5 nitrogen and oxygen atoms in total. The van der Waals surface area contributed by atoms with E-state index >= 15 is 0 Å². The number of hydrogen-bond donors (Lipinski definition) is 1. The van der Waals surface area contributed by atoms with Crippen molar-refractivity contribution in [3.63, 3.8) is 0 Å². The lowest BCUT2D eigenvalue weighted by molar-refractivity contribution is -0.142. The monoisotopic (exact) mass is 570 g/mol. The third-order valence-electron chi connectivity index (χ3n) is 5.69. The van der Waals surface area contributed by atoms with Crippen molar-refractivity contribution in [2.24, 2.45) is 5.92 Å². The van der Waals surface area contributed by atoms with Gasteiger partial charge >= 0.3 is 0 Å². The van der Waals surface area contributed by atoms with Crippen LogP contribution in [0.15, 0.2) is 77.3 Å². The summed E-state index contributed by atoms with van der Waals surface area (Å²) in [5.41, 5.74) is 2.75. The van der Waals surface area contributed by atoms with Gasteiger partial charge in [0, 0.05) is 29.0 Å². The molecule has 2 amide bonds.